The molecule has 0 saturated carbocycles. The Bertz CT molecular complexity index is 1820. The van der Waals surface area contributed by atoms with Gasteiger partial charge in [-0.05, 0) is 42.3 Å². The standard InChI is InChI=1S/C28H22N6O4/c1-16-14-34-15-20(17-7-9-18(10-8-17)24-23(13-29)38-33(3)28(24)37)12-22(34)25(31-16)27(36)32-21-6-4-5-19(11-21)26(35)30-2/h4-12,14-15H,1-3H3,(H,30,35)(H,32,36). The van der Waals surface area contributed by atoms with Crippen LogP contribution >= 0.6 is 0 Å². The van der Waals surface area contributed by atoms with Crippen molar-refractivity contribution in [1.29, 1.82) is 5.26 Å². The number of rotatable bonds is 5. The molecule has 0 spiro atoms. The molecule has 2 aromatic carbocycles. The maximum absolute atomic E-state index is 13.2. The molecule has 0 saturated heterocycles. The van der Waals surface area contributed by atoms with Crippen LogP contribution in [0.3, 0.4) is 0 Å². The number of fused-ring (bicyclic) bond motifs is 1. The molecule has 0 radical (unpaired) electrons. The zero-order valence-corrected chi connectivity index (χ0v) is 20.8. The normalized spacial score (nSPS) is 10.8. The minimum Gasteiger partial charge on any atom is -0.365 e. The van der Waals surface area contributed by atoms with Crippen molar-refractivity contribution in [3.05, 3.63) is 100 Å². The molecule has 10 nitrogen and oxygen atoms in total. The molecule has 10 heteroatoms. The van der Waals surface area contributed by atoms with Gasteiger partial charge in [-0.3, -0.25) is 14.4 Å². The average molecular weight is 507 g/mol. The van der Waals surface area contributed by atoms with Gasteiger partial charge in [0.25, 0.3) is 17.4 Å². The molecule has 3 aromatic heterocycles. The van der Waals surface area contributed by atoms with Crippen LogP contribution in [0.1, 0.15) is 32.3 Å². The van der Waals surface area contributed by atoms with Crippen LogP contribution in [-0.2, 0) is 7.05 Å². The van der Waals surface area contributed by atoms with Crippen molar-refractivity contribution in [2.75, 3.05) is 12.4 Å². The number of carbonyl (C=O) groups is 2. The first-order chi connectivity index (χ1) is 18.3. The van der Waals surface area contributed by atoms with E-state index in [-0.39, 0.29) is 28.5 Å². The molecule has 0 aliphatic heterocycles. The van der Waals surface area contributed by atoms with Gasteiger partial charge in [0.2, 0.25) is 5.76 Å². The monoisotopic (exact) mass is 506 g/mol. The number of aryl methyl sites for hydroxylation is 2. The van der Waals surface area contributed by atoms with Gasteiger partial charge < -0.3 is 19.6 Å². The summed E-state index contributed by atoms with van der Waals surface area (Å²) >= 11 is 0. The first-order valence-electron chi connectivity index (χ1n) is 11.6. The highest BCUT2D eigenvalue weighted by Gasteiger charge is 2.19. The van der Waals surface area contributed by atoms with Crippen molar-refractivity contribution in [3.8, 4) is 28.3 Å². The van der Waals surface area contributed by atoms with E-state index in [0.717, 1.165) is 15.9 Å². The summed E-state index contributed by atoms with van der Waals surface area (Å²) in [4.78, 5) is 42.0. The van der Waals surface area contributed by atoms with Crippen LogP contribution in [0, 0.1) is 18.3 Å². The molecule has 0 fully saturated rings. The van der Waals surface area contributed by atoms with Crippen molar-refractivity contribution in [1.82, 2.24) is 19.4 Å². The molecule has 38 heavy (non-hydrogen) atoms. The van der Waals surface area contributed by atoms with Gasteiger partial charge in [0.05, 0.1) is 11.2 Å². The second-order valence-electron chi connectivity index (χ2n) is 8.65. The third kappa shape index (κ3) is 4.33. The fraction of sp³-hybridized carbons (Fsp3) is 0.107. The Balaban J connectivity index is 1.48. The highest BCUT2D eigenvalue weighted by atomic mass is 16.5. The maximum Gasteiger partial charge on any atom is 0.291 e. The zero-order chi connectivity index (χ0) is 27.0. The lowest BCUT2D eigenvalue weighted by Crippen LogP contribution is -2.19. The first kappa shape index (κ1) is 24.3. The summed E-state index contributed by atoms with van der Waals surface area (Å²) in [6.07, 6.45) is 3.71. The van der Waals surface area contributed by atoms with Crippen LogP contribution in [-0.4, -0.2) is 33.0 Å². The molecule has 5 aromatic rings. The molecule has 0 aliphatic rings. The van der Waals surface area contributed by atoms with E-state index in [1.807, 2.05) is 41.1 Å². The van der Waals surface area contributed by atoms with Gasteiger partial charge in [-0.15, -0.1) is 0 Å². The Morgan fingerprint density at radius 3 is 2.45 bits per heavy atom. The zero-order valence-electron chi connectivity index (χ0n) is 20.8. The van der Waals surface area contributed by atoms with Crippen LogP contribution in [0.5, 0.6) is 0 Å². The smallest absolute Gasteiger partial charge is 0.291 e. The van der Waals surface area contributed by atoms with E-state index in [4.69, 9.17) is 4.52 Å². The predicted octanol–water partition coefficient (Wildman–Crippen LogP) is 3.75. The Kier molecular flexibility index (Phi) is 6.10. The fourth-order valence-electron chi connectivity index (χ4n) is 4.28. The minimum absolute atomic E-state index is 0.0436. The van der Waals surface area contributed by atoms with E-state index >= 15 is 0 Å². The van der Waals surface area contributed by atoms with Crippen molar-refractivity contribution in [3.63, 3.8) is 0 Å². The van der Waals surface area contributed by atoms with Gasteiger partial charge in [0.15, 0.2) is 5.69 Å². The second-order valence-corrected chi connectivity index (χ2v) is 8.65. The largest absolute Gasteiger partial charge is 0.365 e. The van der Waals surface area contributed by atoms with Gasteiger partial charge in [0, 0.05) is 43.3 Å². The van der Waals surface area contributed by atoms with Gasteiger partial charge in [-0.2, -0.15) is 10.0 Å². The summed E-state index contributed by atoms with van der Waals surface area (Å²) in [5.74, 6) is -0.707. The van der Waals surface area contributed by atoms with Gasteiger partial charge in [0.1, 0.15) is 11.6 Å². The highest BCUT2D eigenvalue weighted by molar-refractivity contribution is 6.08. The molecule has 0 unspecified atom stereocenters. The summed E-state index contributed by atoms with van der Waals surface area (Å²) in [6, 6.07) is 17.6. The Hall–Kier alpha value is -5.43. The number of hydrogen-bond acceptors (Lipinski definition) is 6. The molecule has 5 rings (SSSR count). The minimum atomic E-state index is -0.410. The lowest BCUT2D eigenvalue weighted by atomic mass is 10.0. The van der Waals surface area contributed by atoms with E-state index in [1.165, 1.54) is 7.05 Å². The van der Waals surface area contributed by atoms with Crippen LogP contribution in [0.4, 0.5) is 5.69 Å². The van der Waals surface area contributed by atoms with Gasteiger partial charge in [-0.25, -0.2) is 4.98 Å². The van der Waals surface area contributed by atoms with Crippen molar-refractivity contribution in [2.24, 2.45) is 7.05 Å². The topological polar surface area (TPSA) is 134 Å². The molecule has 2 N–H and O–H groups in total. The lowest BCUT2D eigenvalue weighted by Gasteiger charge is -2.09. The molecule has 0 aliphatic carbocycles. The molecule has 2 amide bonds. The maximum atomic E-state index is 13.2. The highest BCUT2D eigenvalue weighted by Crippen LogP contribution is 2.28. The number of nitrogens with zero attached hydrogens (tertiary/aromatic N) is 4. The molecule has 0 bridgehead atoms. The summed E-state index contributed by atoms with van der Waals surface area (Å²) in [6.45, 7) is 1.80. The van der Waals surface area contributed by atoms with E-state index in [9.17, 15) is 19.6 Å². The molecule has 0 atom stereocenters. The number of aromatic nitrogens is 3. The molecule has 3 heterocycles. The molecule has 188 valence electrons. The van der Waals surface area contributed by atoms with Crippen molar-refractivity contribution >= 4 is 23.0 Å². The van der Waals surface area contributed by atoms with Gasteiger partial charge >= 0.3 is 0 Å². The summed E-state index contributed by atoms with van der Waals surface area (Å²) in [5, 5.41) is 14.7. The number of nitriles is 1. The van der Waals surface area contributed by atoms with Crippen LogP contribution in [0.15, 0.2) is 76.3 Å². The lowest BCUT2D eigenvalue weighted by molar-refractivity contribution is 0.0961. The van der Waals surface area contributed by atoms with Crippen LogP contribution < -0.4 is 16.2 Å². The number of anilines is 1. The number of carbonyl (C=O) groups excluding carboxylic acids is 2. The quantitative estimate of drug-likeness (QED) is 0.373. The Labute approximate surface area is 216 Å². The van der Waals surface area contributed by atoms with Crippen LogP contribution in [0.25, 0.3) is 27.8 Å². The first-order valence-corrected chi connectivity index (χ1v) is 11.6. The van der Waals surface area contributed by atoms with Crippen molar-refractivity contribution < 1.29 is 14.1 Å². The number of amides is 2. The average Bonchev–Trinajstić information content (AvgIpc) is 3.48. The summed E-state index contributed by atoms with van der Waals surface area (Å²) in [5.41, 5.74) is 4.46. The van der Waals surface area contributed by atoms with Crippen molar-refractivity contribution in [2.45, 2.75) is 6.92 Å². The predicted molar refractivity (Wildman–Crippen MR) is 141 cm³/mol. The number of hydrogen-bond donors (Lipinski definition) is 2. The Morgan fingerprint density at radius 2 is 1.74 bits per heavy atom. The van der Waals surface area contributed by atoms with E-state index in [2.05, 4.69) is 15.6 Å². The number of benzene rings is 2. The molecular weight excluding hydrogens is 484 g/mol. The van der Waals surface area contributed by atoms with Crippen LogP contribution in [0.2, 0.25) is 0 Å². The van der Waals surface area contributed by atoms with E-state index < -0.39 is 5.91 Å². The second kappa shape index (κ2) is 9.55. The van der Waals surface area contributed by atoms with Gasteiger partial charge in [-0.1, -0.05) is 30.3 Å². The third-order valence-corrected chi connectivity index (χ3v) is 6.09. The number of nitrogens with one attached hydrogen (secondary N) is 2. The SMILES string of the molecule is CNC(=O)c1cccc(NC(=O)c2nc(C)cn3cc(-c4ccc(-c5c(C#N)on(C)c5=O)cc4)cc23)c1. The summed E-state index contributed by atoms with van der Waals surface area (Å²) in [7, 11) is 3.00. The van der Waals surface area contributed by atoms with E-state index in [1.54, 1.807) is 50.4 Å². The Morgan fingerprint density at radius 1 is 1.00 bits per heavy atom. The fourth-order valence-corrected chi connectivity index (χ4v) is 4.28. The third-order valence-electron chi connectivity index (χ3n) is 6.09. The van der Waals surface area contributed by atoms with E-state index in [0.29, 0.717) is 28.0 Å². The summed E-state index contributed by atoms with van der Waals surface area (Å²) < 4.78 is 8.05. The molecular formula is C28H22N6O4.